The van der Waals surface area contributed by atoms with E-state index < -0.39 is 35.6 Å². The van der Waals surface area contributed by atoms with Gasteiger partial charge in [0.05, 0.1) is 13.0 Å². The van der Waals surface area contributed by atoms with Crippen molar-refractivity contribution in [2.75, 3.05) is 13.7 Å². The van der Waals surface area contributed by atoms with E-state index in [4.69, 9.17) is 14.2 Å². The predicted molar refractivity (Wildman–Crippen MR) is 122 cm³/mol. The van der Waals surface area contributed by atoms with Crippen LogP contribution in [0.2, 0.25) is 0 Å². The van der Waals surface area contributed by atoms with Crippen molar-refractivity contribution >= 4 is 17.8 Å². The first-order valence-electron chi connectivity index (χ1n) is 11.5. The highest BCUT2D eigenvalue weighted by molar-refractivity contribution is 5.99. The molecule has 178 valence electrons. The topological polar surface area (TPSA) is 94.4 Å². The zero-order valence-corrected chi connectivity index (χ0v) is 19.9. The van der Waals surface area contributed by atoms with Gasteiger partial charge in [0.2, 0.25) is 5.90 Å². The molecule has 4 atom stereocenters. The van der Waals surface area contributed by atoms with Crippen molar-refractivity contribution in [1.29, 1.82) is 0 Å². The molecular formula is C25H37NO6. The molecule has 0 aliphatic carbocycles. The second kappa shape index (κ2) is 12.0. The molecule has 7 heteroatoms. The van der Waals surface area contributed by atoms with Crippen molar-refractivity contribution in [3.8, 4) is 0 Å². The lowest BCUT2D eigenvalue weighted by molar-refractivity contribution is -0.162. The molecule has 0 bridgehead atoms. The van der Waals surface area contributed by atoms with Crippen LogP contribution in [0, 0.1) is 11.8 Å². The van der Waals surface area contributed by atoms with Crippen LogP contribution in [0.5, 0.6) is 0 Å². The zero-order valence-electron chi connectivity index (χ0n) is 19.9. The summed E-state index contributed by atoms with van der Waals surface area (Å²) in [6.07, 6.45) is 2.74. The number of methoxy groups -OCH3 is 1. The summed E-state index contributed by atoms with van der Waals surface area (Å²) in [5, 5.41) is 10.6. The van der Waals surface area contributed by atoms with Crippen LogP contribution in [0.15, 0.2) is 35.3 Å². The number of esters is 2. The molecular weight excluding hydrogens is 410 g/mol. The molecule has 1 heterocycles. The Morgan fingerprint density at radius 1 is 1.19 bits per heavy atom. The summed E-state index contributed by atoms with van der Waals surface area (Å²) in [5.74, 6) is -1.42. The fourth-order valence-corrected chi connectivity index (χ4v) is 4.03. The van der Waals surface area contributed by atoms with Crippen LogP contribution in [0.4, 0.5) is 0 Å². The Kier molecular flexibility index (Phi) is 9.69. The van der Waals surface area contributed by atoms with Crippen molar-refractivity contribution in [3.05, 3.63) is 35.9 Å². The fraction of sp³-hybridized carbons (Fsp3) is 0.640. The van der Waals surface area contributed by atoms with Gasteiger partial charge in [-0.2, -0.15) is 0 Å². The third kappa shape index (κ3) is 6.31. The number of nitrogens with zero attached hydrogens (tertiary/aromatic N) is 1. The molecule has 1 aromatic carbocycles. The molecule has 0 spiro atoms. The van der Waals surface area contributed by atoms with Crippen molar-refractivity contribution in [3.63, 3.8) is 0 Å². The smallest absolute Gasteiger partial charge is 0.337 e. The number of rotatable bonds is 12. The number of benzene rings is 1. The van der Waals surface area contributed by atoms with Crippen molar-refractivity contribution in [2.45, 2.75) is 77.5 Å². The Hall–Kier alpha value is -2.41. The monoisotopic (exact) mass is 447 g/mol. The van der Waals surface area contributed by atoms with Crippen LogP contribution in [-0.4, -0.2) is 54.4 Å². The standard InChI is InChI=1S/C25H37NO6/c1-6-7-8-12-15-19(23(28)30-5)20(27)16-31-24(29)25(4)21(17(2)3)32-22(26-25)18-13-10-9-11-14-18/h9-11,13-14,17,19-21,27H,6-8,12,15-16H2,1-5H3/t19-,20-,21-,25+/m0/s1. The molecule has 0 unspecified atom stereocenters. The van der Waals surface area contributed by atoms with Crippen LogP contribution in [0.25, 0.3) is 0 Å². The van der Waals surface area contributed by atoms with E-state index in [0.717, 1.165) is 31.2 Å². The van der Waals surface area contributed by atoms with E-state index in [0.29, 0.717) is 12.3 Å². The van der Waals surface area contributed by atoms with Gasteiger partial charge in [0, 0.05) is 5.56 Å². The van der Waals surface area contributed by atoms with E-state index in [9.17, 15) is 14.7 Å². The predicted octanol–water partition coefficient (Wildman–Crippen LogP) is 3.91. The molecule has 7 nitrogen and oxygen atoms in total. The third-order valence-electron chi connectivity index (χ3n) is 5.89. The Morgan fingerprint density at radius 2 is 1.88 bits per heavy atom. The Bertz CT molecular complexity index is 778. The number of hydrogen-bond acceptors (Lipinski definition) is 7. The van der Waals surface area contributed by atoms with E-state index in [1.165, 1.54) is 7.11 Å². The quantitative estimate of drug-likeness (QED) is 0.386. The largest absolute Gasteiger partial charge is 0.471 e. The summed E-state index contributed by atoms with van der Waals surface area (Å²) < 4.78 is 16.4. The lowest BCUT2D eigenvalue weighted by Crippen LogP contribution is -2.48. The van der Waals surface area contributed by atoms with E-state index in [2.05, 4.69) is 11.9 Å². The van der Waals surface area contributed by atoms with Gasteiger partial charge < -0.3 is 19.3 Å². The number of carbonyl (C=O) groups excluding carboxylic acids is 2. The highest BCUT2D eigenvalue weighted by Gasteiger charge is 2.51. The SMILES string of the molecule is CCCCCC[C@H](C(=O)OC)[C@@H](O)COC(=O)[C@]1(C)N=C(c2ccccc2)O[C@H]1C(C)C. The van der Waals surface area contributed by atoms with Crippen LogP contribution in [-0.2, 0) is 23.8 Å². The first-order chi connectivity index (χ1) is 15.2. The fourth-order valence-electron chi connectivity index (χ4n) is 4.03. The molecule has 1 aromatic rings. The van der Waals surface area contributed by atoms with Gasteiger partial charge in [-0.1, -0.05) is 64.7 Å². The minimum atomic E-state index is -1.25. The van der Waals surface area contributed by atoms with Gasteiger partial charge in [0.15, 0.2) is 5.54 Å². The summed E-state index contributed by atoms with van der Waals surface area (Å²) in [6, 6.07) is 9.40. The second-order valence-corrected chi connectivity index (χ2v) is 8.86. The molecule has 0 aromatic heterocycles. The van der Waals surface area contributed by atoms with Gasteiger partial charge in [-0.05, 0) is 31.4 Å². The van der Waals surface area contributed by atoms with Crippen LogP contribution >= 0.6 is 0 Å². The van der Waals surface area contributed by atoms with Gasteiger partial charge in [-0.15, -0.1) is 0 Å². The molecule has 0 saturated carbocycles. The molecule has 2 rings (SSSR count). The Labute approximate surface area is 191 Å². The summed E-state index contributed by atoms with van der Waals surface area (Å²) in [6.45, 7) is 7.40. The van der Waals surface area contributed by atoms with Crippen LogP contribution < -0.4 is 0 Å². The third-order valence-corrected chi connectivity index (χ3v) is 5.89. The van der Waals surface area contributed by atoms with Gasteiger partial charge >= 0.3 is 11.9 Å². The second-order valence-electron chi connectivity index (χ2n) is 8.86. The number of hydrogen-bond donors (Lipinski definition) is 1. The van der Waals surface area contributed by atoms with Crippen LogP contribution in [0.1, 0.15) is 65.4 Å². The summed E-state index contributed by atoms with van der Waals surface area (Å²) in [5.41, 5.74) is -0.464. The number of aliphatic hydroxyl groups excluding tert-OH is 1. The minimum Gasteiger partial charge on any atom is -0.471 e. The van der Waals surface area contributed by atoms with Gasteiger partial charge in [0.25, 0.3) is 0 Å². The zero-order chi connectivity index (χ0) is 23.7. The number of carbonyl (C=O) groups is 2. The minimum absolute atomic E-state index is 0.00354. The van der Waals surface area contributed by atoms with E-state index in [1.807, 2.05) is 44.2 Å². The van der Waals surface area contributed by atoms with Gasteiger partial charge in [-0.25, -0.2) is 9.79 Å². The molecule has 0 fully saturated rings. The number of unbranched alkanes of at least 4 members (excludes halogenated alkanes) is 3. The summed E-state index contributed by atoms with van der Waals surface area (Å²) in [4.78, 5) is 29.8. The first kappa shape index (κ1) is 25.8. The number of ether oxygens (including phenoxy) is 3. The maximum Gasteiger partial charge on any atom is 0.337 e. The summed E-state index contributed by atoms with van der Waals surface area (Å²) in [7, 11) is 1.30. The Balaban J connectivity index is 2.09. The molecule has 32 heavy (non-hydrogen) atoms. The highest BCUT2D eigenvalue weighted by Crippen LogP contribution is 2.34. The normalized spacial score (nSPS) is 22.1. The molecule has 1 aliphatic rings. The lowest BCUT2D eigenvalue weighted by atomic mass is 9.88. The first-order valence-corrected chi connectivity index (χ1v) is 11.5. The average molecular weight is 448 g/mol. The van der Waals surface area contributed by atoms with E-state index in [-0.39, 0.29) is 12.5 Å². The number of aliphatic imine (C=N–C) groups is 1. The summed E-state index contributed by atoms with van der Waals surface area (Å²) >= 11 is 0. The molecule has 0 saturated heterocycles. The maximum absolute atomic E-state index is 13.1. The van der Waals surface area contributed by atoms with Gasteiger partial charge in [0.1, 0.15) is 18.8 Å². The molecule has 0 amide bonds. The Morgan fingerprint density at radius 3 is 2.47 bits per heavy atom. The van der Waals surface area contributed by atoms with Crippen LogP contribution in [0.3, 0.4) is 0 Å². The van der Waals surface area contributed by atoms with Crippen molar-refractivity contribution in [1.82, 2.24) is 0 Å². The van der Waals surface area contributed by atoms with Crippen molar-refractivity contribution < 1.29 is 28.9 Å². The average Bonchev–Trinajstić information content (AvgIpc) is 3.16. The maximum atomic E-state index is 13.1. The van der Waals surface area contributed by atoms with E-state index in [1.54, 1.807) is 6.92 Å². The molecule has 0 radical (unpaired) electrons. The lowest BCUT2D eigenvalue weighted by Gasteiger charge is -2.29. The molecule has 1 N–H and O–H groups in total. The van der Waals surface area contributed by atoms with E-state index >= 15 is 0 Å². The molecule has 1 aliphatic heterocycles. The van der Waals surface area contributed by atoms with Gasteiger partial charge in [-0.3, -0.25) is 4.79 Å². The highest BCUT2D eigenvalue weighted by atomic mass is 16.6. The van der Waals surface area contributed by atoms with Crippen molar-refractivity contribution in [2.24, 2.45) is 16.8 Å². The number of aliphatic hydroxyl groups is 1.